The molecule has 0 amide bonds. The van der Waals surface area contributed by atoms with Crippen LogP contribution in [0.3, 0.4) is 0 Å². The number of rotatable bonds is 2. The minimum Gasteiger partial charge on any atom is -0.393 e. The summed E-state index contributed by atoms with van der Waals surface area (Å²) in [6, 6.07) is 0. The molecule has 84 valence electrons. The van der Waals surface area contributed by atoms with Crippen molar-refractivity contribution in [3.05, 3.63) is 0 Å². The summed E-state index contributed by atoms with van der Waals surface area (Å²) < 4.78 is 0. The van der Waals surface area contributed by atoms with Gasteiger partial charge in [0.25, 0.3) is 0 Å². The Morgan fingerprint density at radius 2 is 2.20 bits per heavy atom. The van der Waals surface area contributed by atoms with Crippen molar-refractivity contribution < 1.29 is 5.11 Å². The summed E-state index contributed by atoms with van der Waals surface area (Å²) in [6.45, 7) is 0.761. The SMILES string of the molecule is CSC(=NCC1CCC(O)CC1)NC#N. The molecular weight excluding hydrogens is 210 g/mol. The number of nitrogens with one attached hydrogen (secondary N) is 1. The highest BCUT2D eigenvalue weighted by Crippen LogP contribution is 2.24. The maximum Gasteiger partial charge on any atom is 0.183 e. The van der Waals surface area contributed by atoms with Crippen LogP contribution in [0, 0.1) is 17.4 Å². The highest BCUT2D eigenvalue weighted by atomic mass is 32.2. The first-order chi connectivity index (χ1) is 7.26. The number of hydrogen-bond donors (Lipinski definition) is 2. The van der Waals surface area contributed by atoms with Crippen molar-refractivity contribution >= 4 is 16.9 Å². The van der Waals surface area contributed by atoms with Gasteiger partial charge in [-0.05, 0) is 37.9 Å². The first kappa shape index (κ1) is 12.3. The molecule has 0 radical (unpaired) electrons. The van der Waals surface area contributed by atoms with E-state index in [1.165, 1.54) is 11.8 Å². The van der Waals surface area contributed by atoms with Gasteiger partial charge in [0.05, 0.1) is 6.10 Å². The third kappa shape index (κ3) is 4.54. The molecule has 0 aromatic carbocycles. The molecule has 0 aromatic heterocycles. The molecule has 0 spiro atoms. The lowest BCUT2D eigenvalue weighted by atomic mass is 9.88. The summed E-state index contributed by atoms with van der Waals surface area (Å²) in [5.74, 6) is 0.566. The van der Waals surface area contributed by atoms with Crippen molar-refractivity contribution in [2.24, 2.45) is 10.9 Å². The van der Waals surface area contributed by atoms with Crippen molar-refractivity contribution in [1.82, 2.24) is 5.32 Å². The zero-order chi connectivity index (χ0) is 11.1. The summed E-state index contributed by atoms with van der Waals surface area (Å²) in [5.41, 5.74) is 0. The maximum atomic E-state index is 9.34. The monoisotopic (exact) mass is 227 g/mol. The van der Waals surface area contributed by atoms with Crippen LogP contribution in [0.25, 0.3) is 0 Å². The Kier molecular flexibility index (Phi) is 5.51. The average molecular weight is 227 g/mol. The fraction of sp³-hybridized carbons (Fsp3) is 0.800. The Balaban J connectivity index is 2.32. The van der Waals surface area contributed by atoms with Crippen LogP contribution < -0.4 is 5.32 Å². The molecular formula is C10H17N3OS. The molecule has 1 aliphatic carbocycles. The van der Waals surface area contributed by atoms with E-state index in [9.17, 15) is 5.11 Å². The lowest BCUT2D eigenvalue weighted by molar-refractivity contribution is 0.110. The predicted octanol–water partition coefficient (Wildman–Crippen LogP) is 1.33. The fourth-order valence-corrected chi connectivity index (χ4v) is 2.09. The van der Waals surface area contributed by atoms with Gasteiger partial charge >= 0.3 is 0 Å². The number of aliphatic hydroxyl groups is 1. The first-order valence-corrected chi connectivity index (χ1v) is 6.40. The van der Waals surface area contributed by atoms with E-state index in [1.54, 1.807) is 0 Å². The lowest BCUT2D eigenvalue weighted by Gasteiger charge is -2.23. The molecule has 1 rings (SSSR count). The third-order valence-corrected chi connectivity index (χ3v) is 3.28. The Morgan fingerprint density at radius 3 is 2.73 bits per heavy atom. The Bertz CT molecular complexity index is 254. The van der Waals surface area contributed by atoms with Crippen molar-refractivity contribution in [1.29, 1.82) is 5.26 Å². The van der Waals surface area contributed by atoms with E-state index in [1.807, 2.05) is 12.4 Å². The molecule has 0 aromatic rings. The second-order valence-corrected chi connectivity index (χ2v) is 4.56. The van der Waals surface area contributed by atoms with E-state index in [2.05, 4.69) is 10.3 Å². The Hall–Kier alpha value is -0.730. The topological polar surface area (TPSA) is 68.4 Å². The summed E-state index contributed by atoms with van der Waals surface area (Å²) in [6.07, 6.45) is 7.52. The van der Waals surface area contributed by atoms with E-state index in [0.717, 1.165) is 32.2 Å². The van der Waals surface area contributed by atoms with E-state index in [4.69, 9.17) is 5.26 Å². The van der Waals surface area contributed by atoms with Crippen LogP contribution >= 0.6 is 11.8 Å². The van der Waals surface area contributed by atoms with E-state index >= 15 is 0 Å². The van der Waals surface area contributed by atoms with Crippen molar-refractivity contribution in [2.45, 2.75) is 31.8 Å². The van der Waals surface area contributed by atoms with Crippen LogP contribution in [0.1, 0.15) is 25.7 Å². The van der Waals surface area contributed by atoms with Crippen LogP contribution in [-0.2, 0) is 0 Å². The molecule has 1 aliphatic rings. The number of thioether (sulfide) groups is 1. The summed E-state index contributed by atoms with van der Waals surface area (Å²) in [5, 5.41) is 21.0. The lowest BCUT2D eigenvalue weighted by Crippen LogP contribution is -2.21. The zero-order valence-electron chi connectivity index (χ0n) is 8.94. The molecule has 0 heterocycles. The minimum atomic E-state index is -0.109. The largest absolute Gasteiger partial charge is 0.393 e. The average Bonchev–Trinajstić information content (AvgIpc) is 2.26. The molecule has 1 saturated carbocycles. The molecule has 0 saturated heterocycles. The highest BCUT2D eigenvalue weighted by molar-refractivity contribution is 8.13. The normalized spacial score (nSPS) is 27.1. The summed E-state index contributed by atoms with van der Waals surface area (Å²) in [7, 11) is 0. The van der Waals surface area contributed by atoms with Gasteiger partial charge in [-0.1, -0.05) is 11.8 Å². The van der Waals surface area contributed by atoms with Gasteiger partial charge in [0.2, 0.25) is 0 Å². The molecule has 4 nitrogen and oxygen atoms in total. The molecule has 0 atom stereocenters. The van der Waals surface area contributed by atoms with Crippen molar-refractivity contribution in [3.63, 3.8) is 0 Å². The van der Waals surface area contributed by atoms with E-state index < -0.39 is 0 Å². The molecule has 2 N–H and O–H groups in total. The Labute approximate surface area is 94.8 Å². The molecule has 5 heteroatoms. The van der Waals surface area contributed by atoms with Crippen LogP contribution in [0.15, 0.2) is 4.99 Å². The Morgan fingerprint density at radius 1 is 1.53 bits per heavy atom. The molecule has 0 unspecified atom stereocenters. The molecule has 1 fully saturated rings. The maximum absolute atomic E-state index is 9.34. The van der Waals surface area contributed by atoms with Gasteiger partial charge in [0.1, 0.15) is 0 Å². The van der Waals surface area contributed by atoms with Crippen molar-refractivity contribution in [2.75, 3.05) is 12.8 Å². The first-order valence-electron chi connectivity index (χ1n) is 5.18. The van der Waals surface area contributed by atoms with Gasteiger partial charge < -0.3 is 5.11 Å². The van der Waals surface area contributed by atoms with Gasteiger partial charge in [-0.3, -0.25) is 10.3 Å². The molecule has 0 bridgehead atoms. The van der Waals surface area contributed by atoms with E-state index in [-0.39, 0.29) is 6.10 Å². The smallest absolute Gasteiger partial charge is 0.183 e. The second kappa shape index (κ2) is 6.70. The van der Waals surface area contributed by atoms with Gasteiger partial charge in [-0.2, -0.15) is 5.26 Å². The molecule has 0 aliphatic heterocycles. The standard InChI is InChI=1S/C10H17N3OS/c1-15-10(13-7-11)12-6-8-2-4-9(14)5-3-8/h8-9,14H,2-6H2,1H3,(H,12,13). The van der Waals surface area contributed by atoms with Gasteiger partial charge in [-0.15, -0.1) is 0 Å². The van der Waals surface area contributed by atoms with E-state index in [0.29, 0.717) is 11.1 Å². The van der Waals surface area contributed by atoms with Crippen LogP contribution in [-0.4, -0.2) is 29.2 Å². The van der Waals surface area contributed by atoms with Gasteiger partial charge in [0, 0.05) is 6.54 Å². The number of hydrogen-bond acceptors (Lipinski definition) is 4. The summed E-state index contributed by atoms with van der Waals surface area (Å²) >= 11 is 1.45. The van der Waals surface area contributed by atoms with Gasteiger partial charge in [0.15, 0.2) is 11.4 Å². The number of nitrogens with zero attached hydrogens (tertiary/aromatic N) is 2. The van der Waals surface area contributed by atoms with Crippen LogP contribution in [0.5, 0.6) is 0 Å². The third-order valence-electron chi connectivity index (χ3n) is 2.67. The highest BCUT2D eigenvalue weighted by Gasteiger charge is 2.18. The fourth-order valence-electron chi connectivity index (χ4n) is 1.74. The number of nitriles is 1. The van der Waals surface area contributed by atoms with Gasteiger partial charge in [-0.25, -0.2) is 0 Å². The second-order valence-electron chi connectivity index (χ2n) is 3.76. The molecule has 15 heavy (non-hydrogen) atoms. The van der Waals surface area contributed by atoms with Crippen LogP contribution in [0.2, 0.25) is 0 Å². The summed E-state index contributed by atoms with van der Waals surface area (Å²) in [4.78, 5) is 4.35. The zero-order valence-corrected chi connectivity index (χ0v) is 9.76. The minimum absolute atomic E-state index is 0.109. The number of aliphatic hydroxyl groups excluding tert-OH is 1. The number of amidine groups is 1. The van der Waals surface area contributed by atoms with Crippen molar-refractivity contribution in [3.8, 4) is 6.19 Å². The van der Waals surface area contributed by atoms with Crippen LogP contribution in [0.4, 0.5) is 0 Å². The number of aliphatic imine (C=N–C) groups is 1. The quantitative estimate of drug-likeness (QED) is 0.323. The predicted molar refractivity (Wildman–Crippen MR) is 62.5 cm³/mol.